The molecule has 1 fully saturated rings. The van der Waals surface area contributed by atoms with Crippen molar-refractivity contribution in [2.75, 3.05) is 6.61 Å². The maximum absolute atomic E-state index is 12.2. The number of amides is 2. The Labute approximate surface area is 127 Å². The van der Waals surface area contributed by atoms with Gasteiger partial charge in [-0.25, -0.2) is 0 Å². The van der Waals surface area contributed by atoms with E-state index in [-0.39, 0.29) is 24.3 Å². The molecule has 122 valence electrons. The summed E-state index contributed by atoms with van der Waals surface area (Å²) in [4.78, 5) is 24.3. The van der Waals surface area contributed by atoms with Crippen LogP contribution in [0, 0.1) is 5.92 Å². The summed E-state index contributed by atoms with van der Waals surface area (Å²) in [5.74, 6) is -0.126. The van der Waals surface area contributed by atoms with Crippen LogP contribution in [0.5, 0.6) is 0 Å². The molecule has 1 aliphatic carbocycles. The van der Waals surface area contributed by atoms with Crippen LogP contribution in [-0.2, 0) is 9.59 Å². The quantitative estimate of drug-likeness (QED) is 0.670. The van der Waals surface area contributed by atoms with Crippen LogP contribution in [0.3, 0.4) is 0 Å². The minimum absolute atomic E-state index is 0.00212. The number of aliphatic hydroxyl groups is 1. The zero-order chi connectivity index (χ0) is 15.9. The van der Waals surface area contributed by atoms with Gasteiger partial charge in [0.1, 0.15) is 6.04 Å². The summed E-state index contributed by atoms with van der Waals surface area (Å²) in [6, 6.07) is -0.538. The highest BCUT2D eigenvalue weighted by atomic mass is 16.3. The second kappa shape index (κ2) is 8.37. The molecule has 0 spiro atoms. The number of hydrogen-bond acceptors (Lipinski definition) is 3. The third-order valence-electron chi connectivity index (χ3n) is 4.60. The van der Waals surface area contributed by atoms with E-state index in [1.807, 2.05) is 13.8 Å². The molecule has 5 nitrogen and oxygen atoms in total. The third-order valence-corrected chi connectivity index (χ3v) is 4.60. The first-order chi connectivity index (χ1) is 9.91. The minimum Gasteiger partial charge on any atom is -0.396 e. The fourth-order valence-corrected chi connectivity index (χ4v) is 2.74. The number of rotatable bonds is 7. The summed E-state index contributed by atoms with van der Waals surface area (Å²) >= 11 is 0. The van der Waals surface area contributed by atoms with Gasteiger partial charge in [-0.3, -0.25) is 9.59 Å². The van der Waals surface area contributed by atoms with Crippen molar-refractivity contribution in [2.45, 2.75) is 77.3 Å². The van der Waals surface area contributed by atoms with Crippen molar-refractivity contribution in [1.29, 1.82) is 0 Å². The van der Waals surface area contributed by atoms with Gasteiger partial charge in [0.25, 0.3) is 0 Å². The first-order valence-corrected chi connectivity index (χ1v) is 8.15. The lowest BCUT2D eigenvalue weighted by Gasteiger charge is -2.31. The zero-order valence-corrected chi connectivity index (χ0v) is 13.6. The molecular weight excluding hydrogens is 268 g/mol. The summed E-state index contributed by atoms with van der Waals surface area (Å²) in [6.45, 7) is 5.64. The smallest absolute Gasteiger partial charge is 0.242 e. The van der Waals surface area contributed by atoms with Crippen LogP contribution >= 0.6 is 0 Å². The summed E-state index contributed by atoms with van der Waals surface area (Å²) in [5.41, 5.74) is -0.421. The SMILES string of the molecule is CCC(C)(CCO)NC(=O)C(C)NC(=O)C1CCCCC1. The summed E-state index contributed by atoms with van der Waals surface area (Å²) in [7, 11) is 0. The van der Waals surface area contributed by atoms with E-state index in [4.69, 9.17) is 5.11 Å². The summed E-state index contributed by atoms with van der Waals surface area (Å²) in [6.07, 6.45) is 6.51. The lowest BCUT2D eigenvalue weighted by Crippen LogP contribution is -2.54. The van der Waals surface area contributed by atoms with E-state index in [0.717, 1.165) is 32.1 Å². The Kier molecular flexibility index (Phi) is 7.15. The molecule has 0 bridgehead atoms. The number of carbonyl (C=O) groups is 2. The van der Waals surface area contributed by atoms with Crippen molar-refractivity contribution in [3.63, 3.8) is 0 Å². The predicted octanol–water partition coefficient (Wildman–Crippen LogP) is 1.74. The fraction of sp³-hybridized carbons (Fsp3) is 0.875. The predicted molar refractivity (Wildman–Crippen MR) is 82.7 cm³/mol. The van der Waals surface area contributed by atoms with Crippen molar-refractivity contribution in [3.05, 3.63) is 0 Å². The van der Waals surface area contributed by atoms with E-state index in [1.165, 1.54) is 6.42 Å². The Bertz CT molecular complexity index is 353. The van der Waals surface area contributed by atoms with Gasteiger partial charge in [0, 0.05) is 18.1 Å². The molecule has 1 aliphatic rings. The fourth-order valence-electron chi connectivity index (χ4n) is 2.74. The van der Waals surface area contributed by atoms with Crippen molar-refractivity contribution >= 4 is 11.8 Å². The highest BCUT2D eigenvalue weighted by molar-refractivity contribution is 5.88. The molecule has 1 rings (SSSR count). The van der Waals surface area contributed by atoms with E-state index in [9.17, 15) is 9.59 Å². The van der Waals surface area contributed by atoms with Crippen molar-refractivity contribution in [2.24, 2.45) is 5.92 Å². The van der Waals surface area contributed by atoms with Crippen LogP contribution in [0.1, 0.15) is 65.7 Å². The van der Waals surface area contributed by atoms with Crippen molar-refractivity contribution in [3.8, 4) is 0 Å². The first kappa shape index (κ1) is 18.0. The van der Waals surface area contributed by atoms with Gasteiger partial charge in [-0.2, -0.15) is 0 Å². The van der Waals surface area contributed by atoms with Gasteiger partial charge in [-0.15, -0.1) is 0 Å². The van der Waals surface area contributed by atoms with Crippen LogP contribution in [0.4, 0.5) is 0 Å². The monoisotopic (exact) mass is 298 g/mol. The normalized spacial score (nSPS) is 20.4. The van der Waals surface area contributed by atoms with Crippen LogP contribution in [0.2, 0.25) is 0 Å². The number of hydrogen-bond donors (Lipinski definition) is 3. The number of aliphatic hydroxyl groups excluding tert-OH is 1. The summed E-state index contributed by atoms with van der Waals surface area (Å²) < 4.78 is 0. The molecule has 2 unspecified atom stereocenters. The van der Waals surface area contributed by atoms with Crippen LogP contribution in [0.15, 0.2) is 0 Å². The number of nitrogens with one attached hydrogen (secondary N) is 2. The molecule has 0 saturated heterocycles. The molecule has 21 heavy (non-hydrogen) atoms. The molecular formula is C16H30N2O3. The van der Waals surface area contributed by atoms with E-state index in [2.05, 4.69) is 10.6 Å². The van der Waals surface area contributed by atoms with Crippen LogP contribution in [0.25, 0.3) is 0 Å². The van der Waals surface area contributed by atoms with Gasteiger partial charge >= 0.3 is 0 Å². The van der Waals surface area contributed by atoms with Gasteiger partial charge in [0.2, 0.25) is 11.8 Å². The highest BCUT2D eigenvalue weighted by Gasteiger charge is 2.28. The number of carbonyl (C=O) groups excluding carboxylic acids is 2. The Morgan fingerprint density at radius 1 is 1.29 bits per heavy atom. The van der Waals surface area contributed by atoms with Crippen LogP contribution in [-0.4, -0.2) is 35.1 Å². The Balaban J connectivity index is 2.47. The maximum Gasteiger partial charge on any atom is 0.242 e. The lowest BCUT2D eigenvalue weighted by atomic mass is 9.88. The Morgan fingerprint density at radius 3 is 2.43 bits per heavy atom. The molecule has 0 heterocycles. The van der Waals surface area contributed by atoms with Gasteiger partial charge in [-0.1, -0.05) is 26.2 Å². The lowest BCUT2D eigenvalue weighted by molar-refractivity contribution is -0.132. The zero-order valence-electron chi connectivity index (χ0n) is 13.6. The topological polar surface area (TPSA) is 78.4 Å². The summed E-state index contributed by atoms with van der Waals surface area (Å²) in [5, 5.41) is 14.8. The van der Waals surface area contributed by atoms with Crippen molar-refractivity contribution < 1.29 is 14.7 Å². The van der Waals surface area contributed by atoms with E-state index in [1.54, 1.807) is 6.92 Å². The first-order valence-electron chi connectivity index (χ1n) is 8.15. The molecule has 5 heteroatoms. The van der Waals surface area contributed by atoms with Crippen LogP contribution < -0.4 is 10.6 Å². The minimum atomic E-state index is -0.538. The molecule has 0 aliphatic heterocycles. The largest absolute Gasteiger partial charge is 0.396 e. The van der Waals surface area contributed by atoms with Gasteiger partial charge in [-0.05, 0) is 39.5 Å². The molecule has 0 aromatic heterocycles. The molecule has 0 aromatic rings. The molecule has 0 radical (unpaired) electrons. The molecule has 0 aromatic carbocycles. The molecule has 3 N–H and O–H groups in total. The van der Waals surface area contributed by atoms with Gasteiger partial charge in [0.05, 0.1) is 0 Å². The standard InChI is InChI=1S/C16H30N2O3/c1-4-16(3,10-11-19)18-14(20)12(2)17-15(21)13-8-6-5-7-9-13/h12-13,19H,4-11H2,1-3H3,(H,17,21)(H,18,20). The maximum atomic E-state index is 12.2. The second-order valence-corrected chi connectivity index (χ2v) is 6.44. The highest BCUT2D eigenvalue weighted by Crippen LogP contribution is 2.23. The molecule has 2 amide bonds. The average molecular weight is 298 g/mol. The third kappa shape index (κ3) is 5.65. The molecule has 2 atom stereocenters. The van der Waals surface area contributed by atoms with Gasteiger partial charge < -0.3 is 15.7 Å². The second-order valence-electron chi connectivity index (χ2n) is 6.44. The average Bonchev–Trinajstić information content (AvgIpc) is 2.48. The Hall–Kier alpha value is -1.10. The van der Waals surface area contributed by atoms with E-state index in [0.29, 0.717) is 6.42 Å². The van der Waals surface area contributed by atoms with Gasteiger partial charge in [0.15, 0.2) is 0 Å². The van der Waals surface area contributed by atoms with E-state index < -0.39 is 11.6 Å². The van der Waals surface area contributed by atoms with E-state index >= 15 is 0 Å². The van der Waals surface area contributed by atoms with Crippen molar-refractivity contribution in [1.82, 2.24) is 10.6 Å². The molecule has 1 saturated carbocycles. The Morgan fingerprint density at radius 2 is 1.90 bits per heavy atom.